The monoisotopic (exact) mass is 326 g/mol. The second kappa shape index (κ2) is 4.06. The van der Waals surface area contributed by atoms with E-state index in [9.17, 15) is 27.8 Å². The van der Waals surface area contributed by atoms with Gasteiger partial charge in [0.15, 0.2) is 0 Å². The van der Waals surface area contributed by atoms with E-state index in [1.807, 2.05) is 0 Å². The maximum absolute atomic E-state index is 12.0. The van der Waals surface area contributed by atoms with Gasteiger partial charge in [-0.15, -0.1) is 0 Å². The Morgan fingerprint density at radius 2 is 1.53 bits per heavy atom. The summed E-state index contributed by atoms with van der Waals surface area (Å²) >= 11 is 0. The summed E-state index contributed by atoms with van der Waals surface area (Å²) in [5.41, 5.74) is 0.728. The minimum Gasteiger partial charge on any atom is -0.265 e. The van der Waals surface area contributed by atoms with Gasteiger partial charge in [-0.3, -0.25) is 4.18 Å². The quantitative estimate of drug-likeness (QED) is 0.607. The maximum atomic E-state index is 12.0. The molecular weight excluding hydrogens is 315 g/mol. The van der Waals surface area contributed by atoms with E-state index in [0.29, 0.717) is 0 Å². The summed E-state index contributed by atoms with van der Waals surface area (Å²) < 4.78 is 86.7. The first kappa shape index (κ1) is 16.2. The molecule has 1 aromatic carbocycles. The van der Waals surface area contributed by atoms with Gasteiger partial charge in [-0.2, -0.15) is 8.42 Å². The molecule has 0 unspecified atom stereocenters. The molecule has 0 aliphatic heterocycles. The normalized spacial score (nSPS) is 16.7. The first-order valence-corrected chi connectivity index (χ1v) is 8.40. The molecule has 0 bridgehead atoms. The SMILES string of the molecule is Cc1ccc(S(=O)(=O)OCCS(F)(F)(F)(F)F)cc1. The Morgan fingerprint density at radius 1 is 1.05 bits per heavy atom. The molecule has 0 atom stereocenters. The van der Waals surface area contributed by atoms with Crippen molar-refractivity contribution in [1.82, 2.24) is 0 Å². The molecular formula is C9H11F5O3S2. The maximum Gasteiger partial charge on any atom is 0.297 e. The zero-order valence-corrected chi connectivity index (χ0v) is 11.3. The topological polar surface area (TPSA) is 43.4 Å². The van der Waals surface area contributed by atoms with Crippen LogP contribution in [0.2, 0.25) is 0 Å². The lowest BCUT2D eigenvalue weighted by Gasteiger charge is -2.39. The molecule has 0 radical (unpaired) electrons. The molecule has 19 heavy (non-hydrogen) atoms. The van der Waals surface area contributed by atoms with Crippen molar-refractivity contribution in [2.75, 3.05) is 12.4 Å². The third-order valence-electron chi connectivity index (χ3n) is 2.02. The molecule has 112 valence electrons. The van der Waals surface area contributed by atoms with Gasteiger partial charge < -0.3 is 0 Å². The summed E-state index contributed by atoms with van der Waals surface area (Å²) in [5, 5.41) is 0. The highest BCUT2D eigenvalue weighted by molar-refractivity contribution is 8.45. The van der Waals surface area contributed by atoms with Crippen molar-refractivity contribution < 1.29 is 32.0 Å². The van der Waals surface area contributed by atoms with Crippen LogP contribution in [0.15, 0.2) is 29.2 Å². The molecule has 0 heterocycles. The number of rotatable bonds is 5. The van der Waals surface area contributed by atoms with E-state index in [1.54, 1.807) is 6.92 Å². The van der Waals surface area contributed by atoms with E-state index in [2.05, 4.69) is 4.18 Å². The average molecular weight is 326 g/mol. The Kier molecular flexibility index (Phi) is 3.46. The summed E-state index contributed by atoms with van der Waals surface area (Å²) in [6, 6.07) is 5.04. The number of aryl methyl sites for hydroxylation is 1. The predicted octanol–water partition coefficient (Wildman–Crippen LogP) is 4.00. The van der Waals surface area contributed by atoms with Crippen molar-refractivity contribution in [3.63, 3.8) is 0 Å². The lowest BCUT2D eigenvalue weighted by atomic mass is 10.2. The van der Waals surface area contributed by atoms with E-state index >= 15 is 0 Å². The van der Waals surface area contributed by atoms with Gasteiger partial charge in [0.05, 0.1) is 11.5 Å². The van der Waals surface area contributed by atoms with Crippen LogP contribution in [0.1, 0.15) is 5.56 Å². The minimum absolute atomic E-state index is 0.389. The molecule has 0 saturated carbocycles. The summed E-state index contributed by atoms with van der Waals surface area (Å²) in [4.78, 5) is -0.389. The van der Waals surface area contributed by atoms with Crippen molar-refractivity contribution in [3.8, 4) is 0 Å². The second-order valence-electron chi connectivity index (χ2n) is 3.92. The highest BCUT2D eigenvalue weighted by atomic mass is 32.5. The zero-order valence-electron chi connectivity index (χ0n) is 9.65. The molecule has 0 aliphatic carbocycles. The van der Waals surface area contributed by atoms with Gasteiger partial charge in [-0.1, -0.05) is 37.1 Å². The van der Waals surface area contributed by atoms with Crippen LogP contribution in [0, 0.1) is 6.92 Å². The molecule has 0 N–H and O–H groups in total. The summed E-state index contributed by atoms with van der Waals surface area (Å²) in [5.74, 6) is -2.58. The van der Waals surface area contributed by atoms with Crippen molar-refractivity contribution >= 4 is 20.3 Å². The molecule has 3 nitrogen and oxygen atoms in total. The Hall–Kier alpha value is -0.870. The van der Waals surface area contributed by atoms with E-state index in [-0.39, 0.29) is 4.90 Å². The van der Waals surface area contributed by atoms with E-state index in [4.69, 9.17) is 0 Å². The molecule has 0 amide bonds. The zero-order chi connectivity index (χ0) is 15.0. The fourth-order valence-electron chi connectivity index (χ4n) is 1.07. The van der Waals surface area contributed by atoms with Gasteiger partial charge in [0.1, 0.15) is 5.75 Å². The van der Waals surface area contributed by atoms with Crippen LogP contribution in [0.3, 0.4) is 0 Å². The van der Waals surface area contributed by atoms with Crippen LogP contribution in [0.25, 0.3) is 0 Å². The molecule has 0 aliphatic rings. The Labute approximate surface area is 107 Å². The van der Waals surface area contributed by atoms with Crippen LogP contribution in [-0.4, -0.2) is 20.8 Å². The standard InChI is InChI=1S/C9H11F5O3S2/c1-8-2-4-9(5-3-8)18(15,16)17-6-7-19(10,11,12,13)14/h2-5H,6-7H2,1H3. The lowest BCUT2D eigenvalue weighted by molar-refractivity contribution is 0.306. The van der Waals surface area contributed by atoms with E-state index < -0.39 is 32.7 Å². The summed E-state index contributed by atoms with van der Waals surface area (Å²) in [6.45, 7) is 0.0274. The molecule has 0 fully saturated rings. The van der Waals surface area contributed by atoms with Gasteiger partial charge in [0.25, 0.3) is 20.3 Å². The van der Waals surface area contributed by atoms with Crippen LogP contribution in [0.5, 0.6) is 0 Å². The predicted molar refractivity (Wildman–Crippen MR) is 62.3 cm³/mol. The van der Waals surface area contributed by atoms with Gasteiger partial charge in [0, 0.05) is 0 Å². The molecule has 1 rings (SSSR count). The van der Waals surface area contributed by atoms with Gasteiger partial charge in [0.2, 0.25) is 0 Å². The highest BCUT2D eigenvalue weighted by Gasteiger charge is 2.62. The van der Waals surface area contributed by atoms with Crippen LogP contribution < -0.4 is 0 Å². The Balaban J connectivity index is 2.76. The highest BCUT2D eigenvalue weighted by Crippen LogP contribution is 2.97. The van der Waals surface area contributed by atoms with Gasteiger partial charge in [-0.05, 0) is 19.1 Å². The first-order valence-electron chi connectivity index (χ1n) is 4.87. The smallest absolute Gasteiger partial charge is 0.265 e. The van der Waals surface area contributed by atoms with Crippen LogP contribution in [0.4, 0.5) is 19.4 Å². The van der Waals surface area contributed by atoms with Gasteiger partial charge >= 0.3 is 0 Å². The third kappa shape index (κ3) is 6.21. The molecule has 1 aromatic rings. The van der Waals surface area contributed by atoms with Crippen molar-refractivity contribution in [2.45, 2.75) is 11.8 Å². The summed E-state index contributed by atoms with van der Waals surface area (Å²) in [7, 11) is -14.1. The fourth-order valence-corrected chi connectivity index (χ4v) is 2.49. The number of hydrogen-bond donors (Lipinski definition) is 0. The molecule has 10 heteroatoms. The van der Waals surface area contributed by atoms with Crippen LogP contribution >= 0.6 is 10.2 Å². The summed E-state index contributed by atoms with van der Waals surface area (Å²) in [6.07, 6.45) is 0. The molecule has 0 aromatic heterocycles. The lowest BCUT2D eigenvalue weighted by Crippen LogP contribution is -2.18. The Morgan fingerprint density at radius 3 is 1.95 bits per heavy atom. The minimum atomic E-state index is -9.65. The number of hydrogen-bond acceptors (Lipinski definition) is 3. The van der Waals surface area contributed by atoms with E-state index in [1.165, 1.54) is 12.1 Å². The Bertz CT molecular complexity index is 562. The van der Waals surface area contributed by atoms with Gasteiger partial charge in [-0.25, -0.2) is 0 Å². The first-order chi connectivity index (χ1) is 8.18. The van der Waals surface area contributed by atoms with Crippen molar-refractivity contribution in [3.05, 3.63) is 29.8 Å². The average Bonchev–Trinajstić information content (AvgIpc) is 2.13. The second-order valence-corrected chi connectivity index (χ2v) is 8.20. The largest absolute Gasteiger partial charge is 0.297 e. The molecule has 0 spiro atoms. The van der Waals surface area contributed by atoms with Crippen molar-refractivity contribution in [2.24, 2.45) is 0 Å². The van der Waals surface area contributed by atoms with E-state index in [0.717, 1.165) is 17.7 Å². The third-order valence-corrected chi connectivity index (χ3v) is 4.28. The fraction of sp³-hybridized carbons (Fsp3) is 0.333. The number of benzene rings is 1. The van der Waals surface area contributed by atoms with Crippen LogP contribution in [-0.2, 0) is 14.3 Å². The number of halogens is 5. The molecule has 0 saturated heterocycles. The van der Waals surface area contributed by atoms with Crippen molar-refractivity contribution in [1.29, 1.82) is 0 Å².